The van der Waals surface area contributed by atoms with Crippen LogP contribution in [0.2, 0.25) is 0 Å². The fourth-order valence-corrected chi connectivity index (χ4v) is 5.44. The molecule has 0 aromatic carbocycles. The maximum absolute atomic E-state index is 12.1. The van der Waals surface area contributed by atoms with E-state index >= 15 is 0 Å². The molecule has 0 spiro atoms. The van der Waals surface area contributed by atoms with Gasteiger partial charge in [-0.15, -0.1) is 0 Å². The van der Waals surface area contributed by atoms with Crippen molar-refractivity contribution in [3.05, 3.63) is 32.6 Å². The zero-order chi connectivity index (χ0) is 25.4. The van der Waals surface area contributed by atoms with Crippen molar-refractivity contribution >= 4 is 21.4 Å². The fraction of sp³-hybridized carbons (Fsp3) is 0.688. The van der Waals surface area contributed by atoms with Crippen molar-refractivity contribution in [2.24, 2.45) is 0 Å². The van der Waals surface area contributed by atoms with Crippen LogP contribution >= 0.6 is 15.6 Å². The van der Waals surface area contributed by atoms with Gasteiger partial charge in [0.2, 0.25) is 0 Å². The molecule has 0 radical (unpaired) electrons. The van der Waals surface area contributed by atoms with Gasteiger partial charge < -0.3 is 29.5 Å². The Kier molecular flexibility index (Phi) is 8.12. The number of ketones is 1. The molecule has 2 aliphatic rings. The van der Waals surface area contributed by atoms with Crippen LogP contribution in [-0.2, 0) is 36.8 Å². The van der Waals surface area contributed by atoms with Crippen LogP contribution in [0.3, 0.4) is 0 Å². The number of rotatable bonds is 8. The summed E-state index contributed by atoms with van der Waals surface area (Å²) in [5.41, 5.74) is -1.19. The van der Waals surface area contributed by atoms with Gasteiger partial charge in [-0.25, -0.2) is 13.9 Å². The van der Waals surface area contributed by atoms with E-state index in [0.717, 1.165) is 4.57 Å². The minimum Gasteiger partial charge on any atom is -0.390 e. The lowest BCUT2D eigenvalue weighted by Crippen LogP contribution is -2.44. The summed E-state index contributed by atoms with van der Waals surface area (Å²) < 4.78 is 49.1. The Balaban J connectivity index is 1.57. The Morgan fingerprint density at radius 3 is 2.50 bits per heavy atom. The molecule has 3 heterocycles. The molecular formula is C16H24N2O14P2. The molecule has 1 aromatic heterocycles. The fourth-order valence-electron chi connectivity index (χ4n) is 3.30. The number of aryl methyl sites for hydroxylation is 1. The molecule has 5 N–H and O–H groups in total. The third-order valence-corrected chi connectivity index (χ3v) is 7.66. The monoisotopic (exact) mass is 530 g/mol. The van der Waals surface area contributed by atoms with Crippen LogP contribution in [0.25, 0.3) is 0 Å². The molecule has 192 valence electrons. The SMILES string of the molecule is Cc1cn([C@H]2C[C@H](O)[C@@H](COP(=O)(O)OP(=O)(O)OC3CC(=O)[C@@H](O)[C@H](C)O3)O2)c(=O)[nH]c1=O. The van der Waals surface area contributed by atoms with Crippen LogP contribution in [0.4, 0.5) is 0 Å². The Morgan fingerprint density at radius 2 is 1.85 bits per heavy atom. The lowest BCUT2D eigenvalue weighted by Gasteiger charge is -2.31. The molecule has 1 aromatic rings. The van der Waals surface area contributed by atoms with Crippen molar-refractivity contribution in [3.63, 3.8) is 0 Å². The first-order valence-electron chi connectivity index (χ1n) is 9.89. The third kappa shape index (κ3) is 6.56. The topological polar surface area (TPSA) is 233 Å². The van der Waals surface area contributed by atoms with Gasteiger partial charge in [0.05, 0.1) is 25.2 Å². The average molecular weight is 530 g/mol. The highest BCUT2D eigenvalue weighted by Crippen LogP contribution is 2.61. The number of aliphatic hydroxyl groups excluding tert-OH is 2. The van der Waals surface area contributed by atoms with Crippen LogP contribution in [-0.4, -0.2) is 72.6 Å². The van der Waals surface area contributed by atoms with Crippen molar-refractivity contribution in [1.29, 1.82) is 0 Å². The first kappa shape index (κ1) is 27.0. The summed E-state index contributed by atoms with van der Waals surface area (Å²) in [6, 6.07) is 0. The Morgan fingerprint density at radius 1 is 1.18 bits per heavy atom. The number of H-pyrrole nitrogens is 1. The number of phosphoric ester groups is 2. The van der Waals surface area contributed by atoms with Gasteiger partial charge >= 0.3 is 21.3 Å². The number of nitrogens with one attached hydrogen (secondary N) is 1. The van der Waals surface area contributed by atoms with Gasteiger partial charge in [0.1, 0.15) is 18.4 Å². The molecule has 3 rings (SSSR count). The maximum atomic E-state index is 12.1. The summed E-state index contributed by atoms with van der Waals surface area (Å²) in [7, 11) is -10.5. The molecule has 2 saturated heterocycles. The van der Waals surface area contributed by atoms with Gasteiger partial charge in [0.25, 0.3) is 5.56 Å². The highest BCUT2D eigenvalue weighted by atomic mass is 31.3. The molecule has 2 fully saturated rings. The smallest absolute Gasteiger partial charge is 0.390 e. The minimum absolute atomic E-state index is 0.130. The first-order chi connectivity index (χ1) is 15.7. The number of hydrogen-bond acceptors (Lipinski definition) is 12. The average Bonchev–Trinajstić information content (AvgIpc) is 3.06. The van der Waals surface area contributed by atoms with E-state index in [1.54, 1.807) is 0 Å². The second-order valence-electron chi connectivity index (χ2n) is 7.72. The molecule has 16 nitrogen and oxygen atoms in total. The van der Waals surface area contributed by atoms with E-state index in [1.807, 2.05) is 0 Å². The second-order valence-corrected chi connectivity index (χ2v) is 10.7. The second kappa shape index (κ2) is 10.2. The van der Waals surface area contributed by atoms with Crippen molar-refractivity contribution in [3.8, 4) is 0 Å². The van der Waals surface area contributed by atoms with Crippen LogP contribution in [0, 0.1) is 6.92 Å². The lowest BCUT2D eigenvalue weighted by atomic mass is 10.1. The van der Waals surface area contributed by atoms with Crippen molar-refractivity contribution in [1.82, 2.24) is 9.55 Å². The molecule has 0 aliphatic carbocycles. The number of carbonyl (C=O) groups is 1. The summed E-state index contributed by atoms with van der Waals surface area (Å²) in [5, 5.41) is 19.7. The third-order valence-electron chi connectivity index (χ3n) is 5.03. The van der Waals surface area contributed by atoms with E-state index in [1.165, 1.54) is 20.0 Å². The first-order valence-corrected chi connectivity index (χ1v) is 12.9. The van der Waals surface area contributed by atoms with E-state index in [2.05, 4.69) is 18.3 Å². The van der Waals surface area contributed by atoms with E-state index in [9.17, 15) is 43.5 Å². The minimum atomic E-state index is -5.29. The number of aliphatic hydroxyl groups is 2. The predicted molar refractivity (Wildman–Crippen MR) is 108 cm³/mol. The van der Waals surface area contributed by atoms with E-state index in [-0.39, 0.29) is 12.0 Å². The zero-order valence-corrected chi connectivity index (χ0v) is 19.7. The van der Waals surface area contributed by atoms with Crippen molar-refractivity contribution < 1.29 is 56.8 Å². The zero-order valence-electron chi connectivity index (χ0n) is 17.9. The van der Waals surface area contributed by atoms with E-state index in [4.69, 9.17) is 9.47 Å². The lowest BCUT2D eigenvalue weighted by molar-refractivity contribution is -0.189. The number of Topliss-reactive ketones (excluding diaryl/α,β-unsaturated/α-hetero) is 1. The highest BCUT2D eigenvalue weighted by molar-refractivity contribution is 7.61. The largest absolute Gasteiger partial charge is 0.483 e. The van der Waals surface area contributed by atoms with Crippen LogP contribution in [0.15, 0.2) is 15.8 Å². The highest BCUT2D eigenvalue weighted by Gasteiger charge is 2.43. The number of nitrogens with zero attached hydrogens (tertiary/aromatic N) is 1. The van der Waals surface area contributed by atoms with E-state index in [0.29, 0.717) is 0 Å². The van der Waals surface area contributed by atoms with Crippen molar-refractivity contribution in [2.75, 3.05) is 6.61 Å². The number of phosphoric acid groups is 2. The number of hydrogen-bond donors (Lipinski definition) is 5. The molecule has 18 heteroatoms. The normalized spacial score (nSPS) is 33.4. The predicted octanol–water partition coefficient (Wildman–Crippen LogP) is -1.19. The summed E-state index contributed by atoms with van der Waals surface area (Å²) in [4.78, 5) is 56.7. The Hall–Kier alpha value is -1.55. The van der Waals surface area contributed by atoms with Crippen LogP contribution in [0.1, 0.15) is 31.6 Å². The van der Waals surface area contributed by atoms with Gasteiger partial charge in [-0.2, -0.15) is 4.31 Å². The van der Waals surface area contributed by atoms with Gasteiger partial charge in [-0.1, -0.05) is 0 Å². The van der Waals surface area contributed by atoms with E-state index < -0.39 is 82.6 Å². The van der Waals surface area contributed by atoms with Crippen LogP contribution < -0.4 is 11.2 Å². The molecule has 8 atom stereocenters. The van der Waals surface area contributed by atoms with Gasteiger partial charge in [0.15, 0.2) is 12.1 Å². The van der Waals surface area contributed by atoms with Gasteiger partial charge in [-0.05, 0) is 13.8 Å². The Labute approximate surface area is 191 Å². The molecular weight excluding hydrogens is 506 g/mol. The Bertz CT molecular complexity index is 1130. The molecule has 2 aliphatic heterocycles. The summed E-state index contributed by atoms with van der Waals surface area (Å²) >= 11 is 0. The summed E-state index contributed by atoms with van der Waals surface area (Å²) in [5.74, 6) is -0.731. The standard InChI is InChI=1S/C16H24N2O14P2/c1-7-5-18(16(23)17-15(7)22)12-3-9(19)11(30-12)6-28-33(24,25)32-34(26,27)31-13-4-10(20)14(21)8(2)29-13/h5,8-9,11-14,19,21H,3-4,6H2,1-2H3,(H,24,25)(H,26,27)(H,17,22,23)/t8-,9-,11+,12+,13?,14-/m0/s1. The molecule has 0 saturated carbocycles. The number of ether oxygens (including phenoxy) is 2. The molecule has 3 unspecified atom stereocenters. The molecule has 0 amide bonds. The number of carbonyl (C=O) groups excluding carboxylic acids is 1. The van der Waals surface area contributed by atoms with Gasteiger partial charge in [0, 0.05) is 18.2 Å². The van der Waals surface area contributed by atoms with Crippen LogP contribution in [0.5, 0.6) is 0 Å². The number of aromatic amines is 1. The summed E-state index contributed by atoms with van der Waals surface area (Å²) in [6.45, 7) is 1.97. The molecule has 0 bridgehead atoms. The maximum Gasteiger partial charge on any atom is 0.483 e. The summed E-state index contributed by atoms with van der Waals surface area (Å²) in [6.07, 6.45) is -7.20. The number of aromatic nitrogens is 2. The van der Waals surface area contributed by atoms with Gasteiger partial charge in [-0.3, -0.25) is 28.2 Å². The molecule has 34 heavy (non-hydrogen) atoms. The quantitative estimate of drug-likeness (QED) is 0.249. The van der Waals surface area contributed by atoms with Crippen molar-refractivity contribution in [2.45, 2.75) is 63.6 Å².